The molecule has 0 radical (unpaired) electrons. The van der Waals surface area contributed by atoms with Crippen molar-refractivity contribution in [2.24, 2.45) is 0 Å². The van der Waals surface area contributed by atoms with Crippen LogP contribution in [0.25, 0.3) is 0 Å². The van der Waals surface area contributed by atoms with Crippen LogP contribution in [-0.4, -0.2) is 56.3 Å². The number of sulfonamides is 1. The summed E-state index contributed by atoms with van der Waals surface area (Å²) in [6.45, 7) is 5.05. The van der Waals surface area contributed by atoms with Crippen molar-refractivity contribution < 1.29 is 22.8 Å². The van der Waals surface area contributed by atoms with Gasteiger partial charge in [-0.05, 0) is 38.0 Å². The summed E-state index contributed by atoms with van der Waals surface area (Å²) in [5, 5.41) is 2.75. The number of anilines is 1. The molecule has 9 heteroatoms. The molecule has 0 heterocycles. The van der Waals surface area contributed by atoms with Crippen LogP contribution in [0.2, 0.25) is 0 Å². The lowest BCUT2D eigenvalue weighted by atomic mass is 10.1. The number of rotatable bonds is 11. The van der Waals surface area contributed by atoms with E-state index in [1.807, 2.05) is 30.3 Å². The highest BCUT2D eigenvalue weighted by Gasteiger charge is 2.31. The molecule has 0 aliphatic carbocycles. The number of hydrogen-bond acceptors (Lipinski definition) is 5. The topological polar surface area (TPSA) is 104 Å². The van der Waals surface area contributed by atoms with Gasteiger partial charge in [-0.1, -0.05) is 49.4 Å². The van der Waals surface area contributed by atoms with Crippen LogP contribution in [0.3, 0.4) is 0 Å². The van der Waals surface area contributed by atoms with Crippen molar-refractivity contribution in [3.63, 3.8) is 0 Å². The highest BCUT2D eigenvalue weighted by molar-refractivity contribution is 7.92. The van der Waals surface area contributed by atoms with Gasteiger partial charge < -0.3 is 10.2 Å². The third-order valence-electron chi connectivity index (χ3n) is 5.15. The Hall–Kier alpha value is -3.20. The van der Waals surface area contributed by atoms with Crippen LogP contribution in [-0.2, 0) is 26.2 Å². The lowest BCUT2D eigenvalue weighted by Crippen LogP contribution is -2.52. The van der Waals surface area contributed by atoms with Crippen LogP contribution in [0.5, 0.6) is 0 Å². The summed E-state index contributed by atoms with van der Waals surface area (Å²) in [7, 11) is -3.85. The SMILES string of the molecule is CCNC(=O)[C@@H](CC)N(Cc1ccccc1)C(=O)CN(c1cccc(C(C)=O)c1)S(C)(=O)=O. The van der Waals surface area contributed by atoms with Crippen LogP contribution in [0.4, 0.5) is 5.69 Å². The first-order valence-corrected chi connectivity index (χ1v) is 12.6. The van der Waals surface area contributed by atoms with E-state index in [2.05, 4.69) is 5.32 Å². The molecule has 0 spiro atoms. The average Bonchev–Trinajstić information content (AvgIpc) is 2.77. The van der Waals surface area contributed by atoms with Gasteiger partial charge in [-0.2, -0.15) is 0 Å². The number of ketones is 1. The number of carbonyl (C=O) groups is 3. The van der Waals surface area contributed by atoms with Crippen molar-refractivity contribution >= 4 is 33.3 Å². The van der Waals surface area contributed by atoms with Gasteiger partial charge in [-0.25, -0.2) is 8.42 Å². The molecule has 0 aromatic heterocycles. The molecule has 2 aromatic carbocycles. The van der Waals surface area contributed by atoms with Crippen molar-refractivity contribution in [1.82, 2.24) is 10.2 Å². The molecule has 0 saturated carbocycles. The Balaban J connectivity index is 2.44. The van der Waals surface area contributed by atoms with E-state index in [1.165, 1.54) is 24.0 Å². The largest absolute Gasteiger partial charge is 0.355 e. The second kappa shape index (κ2) is 11.6. The van der Waals surface area contributed by atoms with E-state index in [0.717, 1.165) is 16.1 Å². The summed E-state index contributed by atoms with van der Waals surface area (Å²) in [5.41, 5.74) is 1.37. The van der Waals surface area contributed by atoms with Crippen molar-refractivity contribution in [1.29, 1.82) is 0 Å². The number of carbonyl (C=O) groups excluding carboxylic acids is 3. The molecule has 0 bridgehead atoms. The predicted molar refractivity (Wildman–Crippen MR) is 128 cm³/mol. The van der Waals surface area contributed by atoms with Gasteiger partial charge in [0.15, 0.2) is 5.78 Å². The monoisotopic (exact) mass is 473 g/mol. The van der Waals surface area contributed by atoms with Crippen molar-refractivity contribution in [3.8, 4) is 0 Å². The van der Waals surface area contributed by atoms with Crippen molar-refractivity contribution in [3.05, 3.63) is 65.7 Å². The quantitative estimate of drug-likeness (QED) is 0.505. The number of Topliss-reactive ketones (excluding diaryl/α,β-unsaturated/α-hetero) is 1. The normalized spacial score (nSPS) is 12.0. The number of hydrogen-bond donors (Lipinski definition) is 1. The Labute approximate surface area is 195 Å². The Bertz CT molecular complexity index is 1090. The molecule has 8 nitrogen and oxygen atoms in total. The molecule has 2 amide bonds. The summed E-state index contributed by atoms with van der Waals surface area (Å²) in [6.07, 6.45) is 1.37. The smallest absolute Gasteiger partial charge is 0.244 e. The van der Waals surface area contributed by atoms with Gasteiger partial charge >= 0.3 is 0 Å². The fraction of sp³-hybridized carbons (Fsp3) is 0.375. The second-order valence-electron chi connectivity index (χ2n) is 7.70. The van der Waals surface area contributed by atoms with Crippen LogP contribution in [0.15, 0.2) is 54.6 Å². The zero-order chi connectivity index (χ0) is 24.6. The highest BCUT2D eigenvalue weighted by atomic mass is 32.2. The summed E-state index contributed by atoms with van der Waals surface area (Å²) in [4.78, 5) is 39.4. The molecule has 1 N–H and O–H groups in total. The molecule has 33 heavy (non-hydrogen) atoms. The molecule has 2 rings (SSSR count). The minimum absolute atomic E-state index is 0.153. The number of likely N-dealkylation sites (N-methyl/N-ethyl adjacent to an activating group) is 1. The molecule has 0 aliphatic heterocycles. The predicted octanol–water partition coefficient (Wildman–Crippen LogP) is 2.60. The molecule has 0 unspecified atom stereocenters. The Morgan fingerprint density at radius 2 is 1.67 bits per heavy atom. The molecule has 0 saturated heterocycles. The van der Waals surface area contributed by atoms with Gasteiger partial charge in [0.1, 0.15) is 12.6 Å². The molecular formula is C24H31N3O5S. The summed E-state index contributed by atoms with van der Waals surface area (Å²) in [6, 6.07) is 14.6. The fourth-order valence-electron chi connectivity index (χ4n) is 3.49. The number of nitrogens with one attached hydrogen (secondary N) is 1. The molecule has 0 fully saturated rings. The fourth-order valence-corrected chi connectivity index (χ4v) is 4.33. The minimum atomic E-state index is -3.85. The summed E-state index contributed by atoms with van der Waals surface area (Å²) < 4.78 is 26.2. The maximum Gasteiger partial charge on any atom is 0.244 e. The first-order chi connectivity index (χ1) is 15.6. The van der Waals surface area contributed by atoms with E-state index in [9.17, 15) is 22.8 Å². The van der Waals surface area contributed by atoms with E-state index in [1.54, 1.807) is 26.0 Å². The molecular weight excluding hydrogens is 442 g/mol. The Kier molecular flexibility index (Phi) is 9.16. The van der Waals surface area contributed by atoms with Crippen molar-refractivity contribution in [2.75, 3.05) is 23.7 Å². The highest BCUT2D eigenvalue weighted by Crippen LogP contribution is 2.21. The van der Waals surface area contributed by atoms with E-state index in [0.29, 0.717) is 18.5 Å². The first-order valence-electron chi connectivity index (χ1n) is 10.8. The zero-order valence-corrected chi connectivity index (χ0v) is 20.3. The Morgan fingerprint density at radius 3 is 2.21 bits per heavy atom. The van der Waals surface area contributed by atoms with E-state index in [-0.39, 0.29) is 23.9 Å². The summed E-state index contributed by atoms with van der Waals surface area (Å²) >= 11 is 0. The van der Waals surface area contributed by atoms with Gasteiger partial charge in [-0.3, -0.25) is 18.7 Å². The van der Waals surface area contributed by atoms with Crippen LogP contribution >= 0.6 is 0 Å². The number of amides is 2. The van der Waals surface area contributed by atoms with E-state index >= 15 is 0 Å². The van der Waals surface area contributed by atoms with E-state index < -0.39 is 28.5 Å². The van der Waals surface area contributed by atoms with Gasteiger partial charge in [0, 0.05) is 18.7 Å². The van der Waals surface area contributed by atoms with Crippen LogP contribution in [0, 0.1) is 0 Å². The average molecular weight is 474 g/mol. The molecule has 178 valence electrons. The lowest BCUT2D eigenvalue weighted by Gasteiger charge is -2.32. The van der Waals surface area contributed by atoms with Crippen LogP contribution < -0.4 is 9.62 Å². The third kappa shape index (κ3) is 7.15. The van der Waals surface area contributed by atoms with Gasteiger partial charge in [0.05, 0.1) is 11.9 Å². The standard InChI is InChI=1S/C24H31N3O5S/c1-5-22(24(30)25-6-2)26(16-19-11-8-7-9-12-19)23(29)17-27(33(4,31)32)21-14-10-13-20(15-21)18(3)28/h7-15,22H,5-6,16-17H2,1-4H3,(H,25,30)/t22-/m1/s1. The van der Waals surface area contributed by atoms with Gasteiger partial charge in [0.2, 0.25) is 21.8 Å². The number of benzene rings is 2. The maximum atomic E-state index is 13.5. The van der Waals surface area contributed by atoms with Gasteiger partial charge in [0.25, 0.3) is 0 Å². The summed E-state index contributed by atoms with van der Waals surface area (Å²) in [5.74, 6) is -1.03. The first kappa shape index (κ1) is 26.1. The maximum absolute atomic E-state index is 13.5. The zero-order valence-electron chi connectivity index (χ0n) is 19.4. The lowest BCUT2D eigenvalue weighted by molar-refractivity contribution is -0.140. The van der Waals surface area contributed by atoms with E-state index in [4.69, 9.17) is 0 Å². The minimum Gasteiger partial charge on any atom is -0.355 e. The molecule has 1 atom stereocenters. The number of nitrogens with zero attached hydrogens (tertiary/aromatic N) is 2. The third-order valence-corrected chi connectivity index (χ3v) is 6.29. The van der Waals surface area contributed by atoms with Crippen LogP contribution in [0.1, 0.15) is 43.1 Å². The van der Waals surface area contributed by atoms with Crippen molar-refractivity contribution in [2.45, 2.75) is 39.8 Å². The Morgan fingerprint density at radius 1 is 1.00 bits per heavy atom. The van der Waals surface area contributed by atoms with Gasteiger partial charge in [-0.15, -0.1) is 0 Å². The molecule has 2 aromatic rings. The molecule has 0 aliphatic rings. The second-order valence-corrected chi connectivity index (χ2v) is 9.61.